The molecule has 150 valence electrons. The molecular formula is C23H29NO3S. The van der Waals surface area contributed by atoms with E-state index in [1.165, 1.54) is 24.8 Å². The first kappa shape index (κ1) is 20.6. The Morgan fingerprint density at radius 1 is 1.11 bits per heavy atom. The summed E-state index contributed by atoms with van der Waals surface area (Å²) in [6.45, 7) is 2.94. The summed E-state index contributed by atoms with van der Waals surface area (Å²) in [5, 5.41) is -0.0678. The van der Waals surface area contributed by atoms with Gasteiger partial charge in [0.2, 0.25) is 0 Å². The van der Waals surface area contributed by atoms with Crippen LogP contribution >= 0.6 is 11.8 Å². The Labute approximate surface area is 172 Å². The molecule has 0 aliphatic carbocycles. The van der Waals surface area contributed by atoms with Gasteiger partial charge < -0.3 is 14.4 Å². The van der Waals surface area contributed by atoms with Crippen molar-refractivity contribution in [2.45, 2.75) is 38.0 Å². The molecule has 1 fully saturated rings. The average Bonchev–Trinajstić information content (AvgIpc) is 3.23. The topological polar surface area (TPSA) is 38.8 Å². The molecule has 0 N–H and O–H groups in total. The lowest BCUT2D eigenvalue weighted by Crippen LogP contribution is -2.30. The number of hydrogen-bond acceptors (Lipinski definition) is 4. The Morgan fingerprint density at radius 3 is 2.57 bits per heavy atom. The number of aryl methyl sites for hydroxylation is 1. The molecule has 5 heteroatoms. The Hall–Kier alpha value is -2.14. The summed E-state index contributed by atoms with van der Waals surface area (Å²) >= 11 is 1.76. The number of methoxy groups -OCH3 is 2. The molecule has 0 saturated carbocycles. The fourth-order valence-electron chi connectivity index (χ4n) is 3.60. The van der Waals surface area contributed by atoms with Crippen molar-refractivity contribution in [3.63, 3.8) is 0 Å². The summed E-state index contributed by atoms with van der Waals surface area (Å²) < 4.78 is 11.0. The SMILES string of the molecule is CCCCCc1ccc(C(=O)N2CCS[C@H]2c2cccc(OC)c2OC)cc1. The lowest BCUT2D eigenvalue weighted by molar-refractivity contribution is 0.0759. The van der Waals surface area contributed by atoms with E-state index in [2.05, 4.69) is 19.1 Å². The van der Waals surface area contributed by atoms with Gasteiger partial charge in [0.05, 0.1) is 14.2 Å². The van der Waals surface area contributed by atoms with Crippen molar-refractivity contribution in [3.8, 4) is 11.5 Å². The van der Waals surface area contributed by atoms with Gasteiger partial charge in [0.25, 0.3) is 5.91 Å². The monoisotopic (exact) mass is 399 g/mol. The van der Waals surface area contributed by atoms with Crippen molar-refractivity contribution in [3.05, 3.63) is 59.2 Å². The molecule has 1 amide bonds. The van der Waals surface area contributed by atoms with Crippen molar-refractivity contribution in [1.82, 2.24) is 4.90 Å². The maximum atomic E-state index is 13.2. The lowest BCUT2D eigenvalue weighted by atomic mass is 10.0. The van der Waals surface area contributed by atoms with Gasteiger partial charge in [-0.2, -0.15) is 0 Å². The lowest BCUT2D eigenvalue weighted by Gasteiger charge is -2.26. The molecule has 0 radical (unpaired) electrons. The zero-order valence-corrected chi connectivity index (χ0v) is 17.8. The first-order valence-corrected chi connectivity index (χ1v) is 11.0. The third-order valence-electron chi connectivity index (χ3n) is 5.12. The molecule has 1 atom stereocenters. The molecule has 0 spiro atoms. The van der Waals surface area contributed by atoms with Crippen LogP contribution in [0.5, 0.6) is 11.5 Å². The molecule has 1 saturated heterocycles. The molecule has 0 aromatic heterocycles. The number of benzene rings is 2. The summed E-state index contributed by atoms with van der Waals surface area (Å²) in [7, 11) is 3.28. The van der Waals surface area contributed by atoms with Gasteiger partial charge in [0.1, 0.15) is 5.37 Å². The molecule has 1 heterocycles. The fourth-order valence-corrected chi connectivity index (χ4v) is 4.87. The standard InChI is InChI=1S/C23H29NO3S/c1-4-5-6-8-17-11-13-18(14-12-17)22(25)24-15-16-28-23(24)19-9-7-10-20(26-2)21(19)27-3/h7,9-14,23H,4-6,8,15-16H2,1-3H3/t23-/m0/s1. The zero-order valence-electron chi connectivity index (χ0n) is 16.9. The van der Waals surface area contributed by atoms with E-state index in [9.17, 15) is 4.79 Å². The first-order valence-electron chi connectivity index (χ1n) is 9.92. The molecule has 3 rings (SSSR count). The molecule has 0 unspecified atom stereocenters. The minimum absolute atomic E-state index is 0.0678. The van der Waals surface area contributed by atoms with E-state index >= 15 is 0 Å². The molecule has 1 aliphatic rings. The summed E-state index contributed by atoms with van der Waals surface area (Å²) in [4.78, 5) is 15.1. The van der Waals surface area contributed by atoms with E-state index in [0.29, 0.717) is 11.5 Å². The normalized spacial score (nSPS) is 16.2. The third-order valence-corrected chi connectivity index (χ3v) is 6.36. The van der Waals surface area contributed by atoms with E-state index in [1.807, 2.05) is 35.2 Å². The van der Waals surface area contributed by atoms with Gasteiger partial charge in [-0.1, -0.05) is 44.0 Å². The van der Waals surface area contributed by atoms with Crippen molar-refractivity contribution in [1.29, 1.82) is 0 Å². The number of hydrogen-bond donors (Lipinski definition) is 0. The predicted octanol–water partition coefficient (Wildman–Crippen LogP) is 5.32. The average molecular weight is 400 g/mol. The Bertz CT molecular complexity index is 791. The smallest absolute Gasteiger partial charge is 0.255 e. The van der Waals surface area contributed by atoms with Crippen LogP contribution in [0.15, 0.2) is 42.5 Å². The summed E-state index contributed by atoms with van der Waals surface area (Å²) in [6.07, 6.45) is 4.74. The number of para-hydroxylation sites is 1. The second kappa shape index (κ2) is 9.87. The van der Waals surface area contributed by atoms with Crippen LogP contribution in [0.2, 0.25) is 0 Å². The van der Waals surface area contributed by atoms with E-state index in [-0.39, 0.29) is 11.3 Å². The van der Waals surface area contributed by atoms with Crippen molar-refractivity contribution in [2.24, 2.45) is 0 Å². The van der Waals surface area contributed by atoms with E-state index in [1.54, 1.807) is 26.0 Å². The number of carbonyl (C=O) groups is 1. The van der Waals surface area contributed by atoms with Gasteiger partial charge in [-0.25, -0.2) is 0 Å². The largest absolute Gasteiger partial charge is 0.493 e. The van der Waals surface area contributed by atoms with Crippen LogP contribution in [0.1, 0.15) is 53.0 Å². The van der Waals surface area contributed by atoms with Crippen LogP contribution in [0, 0.1) is 0 Å². The quantitative estimate of drug-likeness (QED) is 0.563. The molecular weight excluding hydrogens is 370 g/mol. The van der Waals surface area contributed by atoms with Gasteiger partial charge in [-0.15, -0.1) is 11.8 Å². The Morgan fingerprint density at radius 2 is 1.89 bits per heavy atom. The highest BCUT2D eigenvalue weighted by molar-refractivity contribution is 7.99. The number of ether oxygens (including phenoxy) is 2. The van der Waals surface area contributed by atoms with E-state index in [4.69, 9.17) is 9.47 Å². The summed E-state index contributed by atoms with van der Waals surface area (Å²) in [5.41, 5.74) is 3.02. The third kappa shape index (κ3) is 4.46. The van der Waals surface area contributed by atoms with Crippen molar-refractivity contribution in [2.75, 3.05) is 26.5 Å². The van der Waals surface area contributed by atoms with Gasteiger partial charge in [0.15, 0.2) is 11.5 Å². The molecule has 2 aromatic carbocycles. The minimum atomic E-state index is -0.0678. The van der Waals surface area contributed by atoms with Gasteiger partial charge >= 0.3 is 0 Å². The highest BCUT2D eigenvalue weighted by Gasteiger charge is 2.33. The van der Waals surface area contributed by atoms with Crippen molar-refractivity contribution >= 4 is 17.7 Å². The highest BCUT2D eigenvalue weighted by Crippen LogP contribution is 2.45. The van der Waals surface area contributed by atoms with Gasteiger partial charge in [-0.05, 0) is 36.6 Å². The maximum Gasteiger partial charge on any atom is 0.255 e. The second-order valence-electron chi connectivity index (χ2n) is 6.96. The maximum absolute atomic E-state index is 13.2. The van der Waals surface area contributed by atoms with Gasteiger partial charge in [-0.3, -0.25) is 4.79 Å². The predicted molar refractivity (Wildman–Crippen MR) is 115 cm³/mol. The fraction of sp³-hybridized carbons (Fsp3) is 0.435. The first-order chi connectivity index (χ1) is 13.7. The number of nitrogens with zero attached hydrogens (tertiary/aromatic N) is 1. The summed E-state index contributed by atoms with van der Waals surface area (Å²) in [6, 6.07) is 14.0. The number of carbonyl (C=O) groups excluding carboxylic acids is 1. The minimum Gasteiger partial charge on any atom is -0.493 e. The number of thioether (sulfide) groups is 1. The van der Waals surface area contributed by atoms with Crippen LogP contribution in [0.4, 0.5) is 0 Å². The van der Waals surface area contributed by atoms with Crippen LogP contribution in [-0.2, 0) is 6.42 Å². The Kier molecular flexibility index (Phi) is 7.26. The van der Waals surface area contributed by atoms with Crippen LogP contribution < -0.4 is 9.47 Å². The molecule has 0 bridgehead atoms. The van der Waals surface area contributed by atoms with E-state index in [0.717, 1.165) is 29.8 Å². The molecule has 2 aromatic rings. The highest BCUT2D eigenvalue weighted by atomic mass is 32.2. The molecule has 4 nitrogen and oxygen atoms in total. The molecule has 1 aliphatic heterocycles. The van der Waals surface area contributed by atoms with Crippen LogP contribution in [0.3, 0.4) is 0 Å². The Balaban J connectivity index is 1.78. The van der Waals surface area contributed by atoms with Crippen LogP contribution in [-0.4, -0.2) is 37.3 Å². The van der Waals surface area contributed by atoms with Gasteiger partial charge in [0, 0.05) is 23.4 Å². The number of amides is 1. The van der Waals surface area contributed by atoms with E-state index < -0.39 is 0 Å². The molecule has 28 heavy (non-hydrogen) atoms. The summed E-state index contributed by atoms with van der Waals surface area (Å²) in [5.74, 6) is 2.37. The second-order valence-corrected chi connectivity index (χ2v) is 8.15. The van der Waals surface area contributed by atoms with Crippen LogP contribution in [0.25, 0.3) is 0 Å². The number of rotatable bonds is 8. The zero-order chi connectivity index (χ0) is 19.9. The number of unbranched alkanes of at least 4 members (excludes halogenated alkanes) is 2. The van der Waals surface area contributed by atoms with Crippen molar-refractivity contribution < 1.29 is 14.3 Å².